The Hall–Kier alpha value is -3.41. The number of amides is 2. The quantitative estimate of drug-likeness (QED) is 0.530. The summed E-state index contributed by atoms with van der Waals surface area (Å²) in [6, 6.07) is 20.5. The van der Waals surface area contributed by atoms with E-state index in [2.05, 4.69) is 28.8 Å². The third-order valence-corrected chi connectivity index (χ3v) is 7.22. The summed E-state index contributed by atoms with van der Waals surface area (Å²) in [7, 11) is 0. The number of aryl methyl sites for hydroxylation is 1. The van der Waals surface area contributed by atoms with Crippen molar-refractivity contribution in [1.29, 1.82) is 0 Å². The second-order valence-electron chi connectivity index (χ2n) is 9.57. The minimum atomic E-state index is 0.00834. The van der Waals surface area contributed by atoms with Crippen molar-refractivity contribution in [3.63, 3.8) is 0 Å². The summed E-state index contributed by atoms with van der Waals surface area (Å²) in [6.45, 7) is 3.23. The first kappa shape index (κ1) is 23.3. The fraction of sp³-hybridized carbons (Fsp3) is 0.414. The van der Waals surface area contributed by atoms with E-state index in [1.807, 2.05) is 46.2 Å². The first-order valence-electron chi connectivity index (χ1n) is 13.0. The van der Waals surface area contributed by atoms with Gasteiger partial charge in [0.2, 0.25) is 5.91 Å². The number of aromatic nitrogens is 2. The Kier molecular flexibility index (Phi) is 7.26. The smallest absolute Gasteiger partial charge is 0.274 e. The predicted octanol–water partition coefficient (Wildman–Crippen LogP) is 4.58. The van der Waals surface area contributed by atoms with Crippen LogP contribution in [-0.2, 0) is 24.2 Å². The maximum Gasteiger partial charge on any atom is 0.274 e. The SMILES string of the molecule is O=C(CCCc1ccccc1)N1CCN(C(=O)c2nc(-c3ccccc3)n3c2CCCCC3)CC1. The van der Waals surface area contributed by atoms with Crippen LogP contribution in [-0.4, -0.2) is 57.3 Å². The number of hydrogen-bond acceptors (Lipinski definition) is 3. The molecule has 5 rings (SSSR count). The maximum atomic E-state index is 13.6. The minimum Gasteiger partial charge on any atom is -0.339 e. The maximum absolute atomic E-state index is 13.6. The van der Waals surface area contributed by atoms with Crippen LogP contribution >= 0.6 is 0 Å². The summed E-state index contributed by atoms with van der Waals surface area (Å²) in [4.78, 5) is 35.0. The van der Waals surface area contributed by atoms with Crippen LogP contribution in [0, 0.1) is 0 Å². The van der Waals surface area contributed by atoms with Crippen molar-refractivity contribution in [3.05, 3.63) is 77.6 Å². The van der Waals surface area contributed by atoms with Crippen LogP contribution in [0.5, 0.6) is 0 Å². The highest BCUT2D eigenvalue weighted by Gasteiger charge is 2.30. The molecule has 1 aromatic heterocycles. The molecule has 6 nitrogen and oxygen atoms in total. The number of nitrogens with zero attached hydrogens (tertiary/aromatic N) is 4. The molecule has 0 bridgehead atoms. The summed E-state index contributed by atoms with van der Waals surface area (Å²) in [5.41, 5.74) is 4.00. The van der Waals surface area contributed by atoms with Gasteiger partial charge >= 0.3 is 0 Å². The second-order valence-corrected chi connectivity index (χ2v) is 9.57. The molecule has 2 aliphatic heterocycles. The standard InChI is InChI=1S/C29H34N4O2/c34-26(17-10-13-23-11-4-1-5-12-23)31-19-21-32(22-20-31)29(35)27-25-16-8-3-9-18-33(25)28(30-27)24-14-6-2-7-15-24/h1-2,4-7,11-12,14-15H,3,8-10,13,16-22H2. The molecule has 2 aliphatic rings. The molecule has 0 radical (unpaired) electrons. The normalized spacial score (nSPS) is 16.0. The van der Waals surface area contributed by atoms with Gasteiger partial charge in [0.15, 0.2) is 0 Å². The van der Waals surface area contributed by atoms with Gasteiger partial charge in [-0.2, -0.15) is 0 Å². The summed E-state index contributed by atoms with van der Waals surface area (Å²) in [6.07, 6.45) is 6.59. The fourth-order valence-corrected chi connectivity index (χ4v) is 5.25. The molecule has 6 heteroatoms. The van der Waals surface area contributed by atoms with Crippen LogP contribution in [0.25, 0.3) is 11.4 Å². The van der Waals surface area contributed by atoms with Crippen LogP contribution in [0.2, 0.25) is 0 Å². The van der Waals surface area contributed by atoms with Gasteiger partial charge in [-0.25, -0.2) is 4.98 Å². The van der Waals surface area contributed by atoms with Crippen LogP contribution in [0.4, 0.5) is 0 Å². The zero-order valence-electron chi connectivity index (χ0n) is 20.4. The van der Waals surface area contributed by atoms with Crippen LogP contribution in [0.1, 0.15) is 53.8 Å². The number of fused-ring (bicyclic) bond motifs is 1. The first-order chi connectivity index (χ1) is 17.2. The van der Waals surface area contributed by atoms with Gasteiger partial charge in [-0.3, -0.25) is 9.59 Å². The van der Waals surface area contributed by atoms with E-state index in [0.29, 0.717) is 38.3 Å². The van der Waals surface area contributed by atoms with E-state index in [1.165, 1.54) is 12.0 Å². The van der Waals surface area contributed by atoms with Crippen LogP contribution in [0.15, 0.2) is 60.7 Å². The van der Waals surface area contributed by atoms with Crippen molar-refractivity contribution in [2.45, 2.75) is 51.5 Å². The molecule has 0 aliphatic carbocycles. The Morgan fingerprint density at radius 3 is 2.20 bits per heavy atom. The third kappa shape index (κ3) is 5.31. The van der Waals surface area contributed by atoms with Gasteiger partial charge in [0.25, 0.3) is 5.91 Å². The predicted molar refractivity (Wildman–Crippen MR) is 137 cm³/mol. The Bertz CT molecular complexity index is 1150. The van der Waals surface area contributed by atoms with Crippen LogP contribution in [0.3, 0.4) is 0 Å². The zero-order chi connectivity index (χ0) is 24.0. The van der Waals surface area contributed by atoms with Crippen molar-refractivity contribution >= 4 is 11.8 Å². The number of carbonyl (C=O) groups excluding carboxylic acids is 2. The van der Waals surface area contributed by atoms with Gasteiger partial charge in [-0.1, -0.05) is 67.1 Å². The molecule has 0 atom stereocenters. The molecule has 0 N–H and O–H groups in total. The number of hydrogen-bond donors (Lipinski definition) is 0. The lowest BCUT2D eigenvalue weighted by Gasteiger charge is -2.34. The summed E-state index contributed by atoms with van der Waals surface area (Å²) in [5, 5.41) is 0. The van der Waals surface area contributed by atoms with Gasteiger partial charge in [-0.15, -0.1) is 0 Å². The highest BCUT2D eigenvalue weighted by Crippen LogP contribution is 2.28. The molecule has 0 spiro atoms. The van der Waals surface area contributed by atoms with E-state index in [-0.39, 0.29) is 11.8 Å². The summed E-state index contributed by atoms with van der Waals surface area (Å²) < 4.78 is 2.27. The van der Waals surface area contributed by atoms with Gasteiger partial charge in [0.1, 0.15) is 11.5 Å². The molecule has 2 amide bonds. The molecule has 182 valence electrons. The number of rotatable bonds is 6. The van der Waals surface area contributed by atoms with Crippen molar-refractivity contribution in [1.82, 2.24) is 19.4 Å². The van der Waals surface area contributed by atoms with E-state index in [9.17, 15) is 9.59 Å². The second kappa shape index (κ2) is 10.9. The average molecular weight is 471 g/mol. The Morgan fingerprint density at radius 2 is 1.46 bits per heavy atom. The Morgan fingerprint density at radius 1 is 0.771 bits per heavy atom. The van der Waals surface area contributed by atoms with E-state index < -0.39 is 0 Å². The highest BCUT2D eigenvalue weighted by atomic mass is 16.2. The van der Waals surface area contributed by atoms with Crippen molar-refractivity contribution in [2.24, 2.45) is 0 Å². The van der Waals surface area contributed by atoms with E-state index in [1.54, 1.807) is 0 Å². The first-order valence-corrected chi connectivity index (χ1v) is 13.0. The number of imidazole rings is 1. The van der Waals surface area contributed by atoms with E-state index >= 15 is 0 Å². The molecule has 1 fully saturated rings. The van der Waals surface area contributed by atoms with E-state index in [0.717, 1.165) is 55.7 Å². The average Bonchev–Trinajstić information content (AvgIpc) is 3.10. The Labute approximate surface area is 207 Å². The lowest BCUT2D eigenvalue weighted by molar-refractivity contribution is -0.132. The van der Waals surface area contributed by atoms with Crippen LogP contribution < -0.4 is 0 Å². The summed E-state index contributed by atoms with van der Waals surface area (Å²) in [5.74, 6) is 1.10. The lowest BCUT2D eigenvalue weighted by atomic mass is 10.1. The molecule has 2 aromatic carbocycles. The fourth-order valence-electron chi connectivity index (χ4n) is 5.25. The molecule has 35 heavy (non-hydrogen) atoms. The van der Waals surface area contributed by atoms with Gasteiger partial charge in [0, 0.05) is 44.7 Å². The third-order valence-electron chi connectivity index (χ3n) is 7.22. The van der Waals surface area contributed by atoms with Crippen molar-refractivity contribution in [2.75, 3.05) is 26.2 Å². The minimum absolute atomic E-state index is 0.00834. The molecule has 3 aromatic rings. The van der Waals surface area contributed by atoms with Gasteiger partial charge < -0.3 is 14.4 Å². The van der Waals surface area contributed by atoms with Gasteiger partial charge in [0.05, 0.1) is 5.69 Å². The molecule has 1 saturated heterocycles. The topological polar surface area (TPSA) is 58.4 Å². The monoisotopic (exact) mass is 470 g/mol. The Balaban J connectivity index is 1.22. The molecular weight excluding hydrogens is 436 g/mol. The lowest BCUT2D eigenvalue weighted by Crippen LogP contribution is -2.50. The van der Waals surface area contributed by atoms with Gasteiger partial charge in [-0.05, 0) is 37.7 Å². The molecule has 0 saturated carbocycles. The number of carbonyl (C=O) groups is 2. The van der Waals surface area contributed by atoms with E-state index in [4.69, 9.17) is 4.98 Å². The largest absolute Gasteiger partial charge is 0.339 e. The number of benzene rings is 2. The molecule has 0 unspecified atom stereocenters. The summed E-state index contributed by atoms with van der Waals surface area (Å²) >= 11 is 0. The highest BCUT2D eigenvalue weighted by molar-refractivity contribution is 5.94. The van der Waals surface area contributed by atoms with Crippen molar-refractivity contribution in [3.8, 4) is 11.4 Å². The molecule has 3 heterocycles. The zero-order valence-corrected chi connectivity index (χ0v) is 20.4. The molecular formula is C29H34N4O2. The van der Waals surface area contributed by atoms with Crippen molar-refractivity contribution < 1.29 is 9.59 Å². The number of piperazine rings is 1.